The van der Waals surface area contributed by atoms with Crippen molar-refractivity contribution in [2.75, 3.05) is 13.7 Å². The Bertz CT molecular complexity index is 980. The number of methoxy groups -OCH3 is 1. The van der Waals surface area contributed by atoms with Gasteiger partial charge >= 0.3 is 12.1 Å². The van der Waals surface area contributed by atoms with Crippen LogP contribution in [0, 0.1) is 11.8 Å². The molecule has 1 aromatic heterocycles. The monoisotopic (exact) mass is 443 g/mol. The summed E-state index contributed by atoms with van der Waals surface area (Å²) in [4.78, 5) is 40.9. The van der Waals surface area contributed by atoms with Gasteiger partial charge in [0.25, 0.3) is 5.91 Å². The fraction of sp³-hybridized carbons (Fsp3) is 0.478. The average Bonchev–Trinajstić information content (AvgIpc) is 3.52. The van der Waals surface area contributed by atoms with Gasteiger partial charge in [-0.05, 0) is 61.5 Å². The van der Waals surface area contributed by atoms with Crippen molar-refractivity contribution < 1.29 is 28.6 Å². The molecule has 0 aromatic carbocycles. The normalized spacial score (nSPS) is 18.6. The minimum absolute atomic E-state index is 0.0205. The van der Waals surface area contributed by atoms with Crippen LogP contribution in [0.15, 0.2) is 29.5 Å². The summed E-state index contributed by atoms with van der Waals surface area (Å²) in [5.74, 6) is 0.0584. The largest absolute Gasteiger partial charge is 0.497 e. The molecule has 0 radical (unpaired) electrons. The van der Waals surface area contributed by atoms with Crippen LogP contribution in [0.3, 0.4) is 0 Å². The lowest BCUT2D eigenvalue weighted by molar-refractivity contribution is -0.0580. The number of amides is 2. The molecule has 0 aliphatic heterocycles. The number of carbonyl (C=O) groups is 3. The third kappa shape index (κ3) is 5.27. The molecule has 2 amide bonds. The number of nitrogens with one attached hydrogen (secondary N) is 1. The molecular weight excluding hydrogens is 414 g/mol. The summed E-state index contributed by atoms with van der Waals surface area (Å²) in [5, 5.41) is 2.84. The zero-order valence-corrected chi connectivity index (χ0v) is 18.8. The molecule has 3 N–H and O–H groups in total. The highest BCUT2D eigenvalue weighted by Gasteiger charge is 2.31. The number of hydrogen-bond acceptors (Lipinski definition) is 7. The lowest BCUT2D eigenvalue weighted by Gasteiger charge is -2.19. The number of esters is 1. The van der Waals surface area contributed by atoms with Crippen molar-refractivity contribution in [1.82, 2.24) is 10.3 Å². The highest BCUT2D eigenvalue weighted by Crippen LogP contribution is 2.41. The number of primary amides is 1. The van der Waals surface area contributed by atoms with Gasteiger partial charge in [-0.1, -0.05) is 6.92 Å². The molecule has 3 rings (SSSR count). The van der Waals surface area contributed by atoms with Crippen LogP contribution in [0.4, 0.5) is 4.79 Å². The van der Waals surface area contributed by atoms with Crippen LogP contribution < -0.4 is 11.1 Å². The smallest absolute Gasteiger partial charge is 0.407 e. The lowest BCUT2D eigenvalue weighted by Crippen LogP contribution is -2.28. The van der Waals surface area contributed by atoms with E-state index in [-0.39, 0.29) is 23.2 Å². The quantitative estimate of drug-likeness (QED) is 0.443. The molecule has 9 nitrogen and oxygen atoms in total. The second-order valence-electron chi connectivity index (χ2n) is 7.97. The number of nitrogens with two attached hydrogens (primary N) is 1. The van der Waals surface area contributed by atoms with Crippen molar-refractivity contribution in [2.45, 2.75) is 46.3 Å². The molecular formula is C23H29N3O6. The highest BCUT2D eigenvalue weighted by molar-refractivity contribution is 5.98. The van der Waals surface area contributed by atoms with Crippen molar-refractivity contribution in [3.63, 3.8) is 0 Å². The van der Waals surface area contributed by atoms with E-state index in [1.807, 2.05) is 19.9 Å². The van der Waals surface area contributed by atoms with Crippen LogP contribution in [0.2, 0.25) is 0 Å². The van der Waals surface area contributed by atoms with Gasteiger partial charge in [0.15, 0.2) is 5.69 Å². The molecule has 1 saturated carbocycles. The Hall–Kier alpha value is -3.36. The van der Waals surface area contributed by atoms with Gasteiger partial charge in [0, 0.05) is 24.9 Å². The minimum Gasteiger partial charge on any atom is -0.497 e. The van der Waals surface area contributed by atoms with E-state index in [1.54, 1.807) is 19.2 Å². The van der Waals surface area contributed by atoms with E-state index in [2.05, 4.69) is 10.3 Å². The van der Waals surface area contributed by atoms with Crippen LogP contribution >= 0.6 is 0 Å². The first-order valence-corrected chi connectivity index (χ1v) is 10.7. The highest BCUT2D eigenvalue weighted by atomic mass is 16.7. The maximum Gasteiger partial charge on any atom is 0.407 e. The number of ether oxygens (including phenoxy) is 3. The molecule has 1 fully saturated rings. The van der Waals surface area contributed by atoms with Crippen LogP contribution in [0.5, 0.6) is 0 Å². The molecule has 2 atom stereocenters. The summed E-state index contributed by atoms with van der Waals surface area (Å²) in [6.45, 7) is 5.96. The number of nitrogens with zero attached hydrogens (tertiary/aromatic N) is 1. The Kier molecular flexibility index (Phi) is 7.17. The van der Waals surface area contributed by atoms with Gasteiger partial charge in [-0.15, -0.1) is 0 Å². The second-order valence-corrected chi connectivity index (χ2v) is 7.97. The maximum atomic E-state index is 13.0. The molecule has 172 valence electrons. The Morgan fingerprint density at radius 1 is 1.25 bits per heavy atom. The summed E-state index contributed by atoms with van der Waals surface area (Å²) in [7, 11) is 1.59. The van der Waals surface area contributed by atoms with Crippen molar-refractivity contribution >= 4 is 23.5 Å². The maximum absolute atomic E-state index is 13.0. The SMILES string of the molecule is CC[C@H]1C(c2ccc(C(=O)NCC3CC3)nc2C(=O)OC(C)OC(N)=O)=CC(OC)=C1C. The zero-order chi connectivity index (χ0) is 23.4. The van der Waals surface area contributed by atoms with Crippen molar-refractivity contribution in [2.24, 2.45) is 17.6 Å². The average molecular weight is 444 g/mol. The van der Waals surface area contributed by atoms with E-state index in [0.29, 0.717) is 18.0 Å². The van der Waals surface area contributed by atoms with Crippen LogP contribution in [0.1, 0.15) is 66.6 Å². The molecule has 2 aliphatic carbocycles. The topological polar surface area (TPSA) is 130 Å². The van der Waals surface area contributed by atoms with Gasteiger partial charge in [0.1, 0.15) is 11.5 Å². The van der Waals surface area contributed by atoms with Gasteiger partial charge < -0.3 is 25.3 Å². The fourth-order valence-corrected chi connectivity index (χ4v) is 3.79. The molecule has 0 spiro atoms. The predicted octanol–water partition coefficient (Wildman–Crippen LogP) is 3.16. The summed E-state index contributed by atoms with van der Waals surface area (Å²) in [5.41, 5.74) is 7.47. The van der Waals surface area contributed by atoms with E-state index in [4.69, 9.17) is 19.9 Å². The molecule has 1 aromatic rings. The Morgan fingerprint density at radius 3 is 2.56 bits per heavy atom. The first kappa shape index (κ1) is 23.3. The molecule has 32 heavy (non-hydrogen) atoms. The number of carbonyl (C=O) groups excluding carboxylic acids is 3. The molecule has 0 saturated heterocycles. The summed E-state index contributed by atoms with van der Waals surface area (Å²) < 4.78 is 15.4. The van der Waals surface area contributed by atoms with E-state index >= 15 is 0 Å². The van der Waals surface area contributed by atoms with Gasteiger partial charge in [-0.2, -0.15) is 0 Å². The Balaban J connectivity index is 1.95. The minimum atomic E-state index is -1.21. The Morgan fingerprint density at radius 2 is 1.97 bits per heavy atom. The van der Waals surface area contributed by atoms with Crippen molar-refractivity contribution in [3.8, 4) is 0 Å². The molecule has 9 heteroatoms. The second kappa shape index (κ2) is 9.84. The first-order chi connectivity index (χ1) is 15.2. The summed E-state index contributed by atoms with van der Waals surface area (Å²) in [6, 6.07) is 3.28. The van der Waals surface area contributed by atoms with Crippen LogP contribution in [0.25, 0.3) is 5.57 Å². The Labute approximate surface area is 187 Å². The number of aromatic nitrogens is 1. The van der Waals surface area contributed by atoms with Crippen molar-refractivity contribution in [1.29, 1.82) is 0 Å². The van der Waals surface area contributed by atoms with E-state index in [9.17, 15) is 14.4 Å². The molecule has 1 unspecified atom stereocenters. The van der Waals surface area contributed by atoms with Gasteiger partial charge in [-0.3, -0.25) is 4.79 Å². The lowest BCUT2D eigenvalue weighted by atomic mass is 9.88. The summed E-state index contributed by atoms with van der Waals surface area (Å²) in [6.07, 6.45) is 2.57. The van der Waals surface area contributed by atoms with Gasteiger partial charge in [-0.25, -0.2) is 14.6 Å². The third-order valence-electron chi connectivity index (χ3n) is 5.64. The van der Waals surface area contributed by atoms with Crippen LogP contribution in [-0.4, -0.2) is 42.9 Å². The number of pyridine rings is 1. The third-order valence-corrected chi connectivity index (χ3v) is 5.64. The number of rotatable bonds is 9. The van der Waals surface area contributed by atoms with E-state index in [0.717, 1.165) is 36.2 Å². The number of hydrogen-bond donors (Lipinski definition) is 2. The fourth-order valence-electron chi connectivity index (χ4n) is 3.79. The van der Waals surface area contributed by atoms with Gasteiger partial charge in [0.05, 0.1) is 7.11 Å². The standard InChI is InChI=1S/C23H29N3O6/c1-5-15-12(2)19(30-4)10-17(15)16-8-9-18(21(27)25-11-14-6-7-14)26-20(16)22(28)31-13(3)32-23(24)29/h8-10,13-15H,5-7,11H2,1-4H3,(H2,24,29)(H,25,27)/t13?,15-/m1/s1. The van der Waals surface area contributed by atoms with Crippen LogP contribution in [-0.2, 0) is 14.2 Å². The van der Waals surface area contributed by atoms with E-state index < -0.39 is 18.4 Å². The zero-order valence-electron chi connectivity index (χ0n) is 18.8. The molecule has 2 aliphatic rings. The predicted molar refractivity (Wildman–Crippen MR) is 116 cm³/mol. The molecule has 1 heterocycles. The summed E-state index contributed by atoms with van der Waals surface area (Å²) >= 11 is 0. The van der Waals surface area contributed by atoms with E-state index in [1.165, 1.54) is 6.92 Å². The van der Waals surface area contributed by atoms with Gasteiger partial charge in [0.2, 0.25) is 6.29 Å². The van der Waals surface area contributed by atoms with Crippen molar-refractivity contribution in [3.05, 3.63) is 46.5 Å². The first-order valence-electron chi connectivity index (χ1n) is 10.7. The molecule has 0 bridgehead atoms. The number of allylic oxidation sites excluding steroid dienone is 3.